The second kappa shape index (κ2) is 5.86. The molecule has 0 saturated carbocycles. The Bertz CT molecular complexity index is 136. The molecule has 0 bridgehead atoms. The van der Waals surface area contributed by atoms with E-state index in [2.05, 4.69) is 21.2 Å². The zero-order valence-corrected chi connectivity index (χ0v) is 9.37. The lowest BCUT2D eigenvalue weighted by Crippen LogP contribution is -2.37. The van der Waals surface area contributed by atoms with Gasteiger partial charge in [-0.15, -0.1) is 0 Å². The number of hydrogen-bond donors (Lipinski definition) is 1. The molecular weight excluding hydrogens is 247 g/mol. The first-order chi connectivity index (χ1) is 5.87. The largest absolute Gasteiger partial charge is 0.390 e. The first-order valence-corrected chi connectivity index (χ1v) is 5.35. The van der Waals surface area contributed by atoms with Crippen molar-refractivity contribution in [1.82, 2.24) is 5.32 Å². The summed E-state index contributed by atoms with van der Waals surface area (Å²) in [6, 6.07) is 0.113. The maximum Gasteiger partial charge on any atom is 0.390 e. The van der Waals surface area contributed by atoms with Gasteiger partial charge in [0.05, 0.1) is 6.42 Å². The third kappa shape index (κ3) is 7.31. The van der Waals surface area contributed by atoms with Crippen molar-refractivity contribution in [1.29, 1.82) is 0 Å². The Hall–Kier alpha value is 0.230. The van der Waals surface area contributed by atoms with E-state index in [9.17, 15) is 13.2 Å². The van der Waals surface area contributed by atoms with Crippen LogP contribution in [0.1, 0.15) is 20.3 Å². The maximum atomic E-state index is 11.8. The van der Waals surface area contributed by atoms with Crippen molar-refractivity contribution >= 4 is 15.9 Å². The first kappa shape index (κ1) is 13.2. The molecule has 0 aromatic carbocycles. The van der Waals surface area contributed by atoms with Crippen LogP contribution in [0.2, 0.25) is 0 Å². The van der Waals surface area contributed by atoms with Gasteiger partial charge in [-0.05, 0) is 5.92 Å². The molecule has 5 heteroatoms. The lowest BCUT2D eigenvalue weighted by molar-refractivity contribution is -0.133. The van der Waals surface area contributed by atoms with Gasteiger partial charge >= 0.3 is 6.18 Å². The van der Waals surface area contributed by atoms with E-state index in [1.54, 1.807) is 0 Å². The van der Waals surface area contributed by atoms with E-state index in [1.165, 1.54) is 0 Å². The van der Waals surface area contributed by atoms with Crippen molar-refractivity contribution in [3.05, 3.63) is 0 Å². The summed E-state index contributed by atoms with van der Waals surface area (Å²) in [6.07, 6.45) is -4.82. The molecule has 0 saturated heterocycles. The molecule has 0 rings (SSSR count). The molecule has 1 unspecified atom stereocenters. The summed E-state index contributed by atoms with van der Waals surface area (Å²) in [6.45, 7) is 3.96. The molecule has 1 nitrogen and oxygen atoms in total. The standard InChI is InChI=1S/C8H15BrF3N/c1-6(2)7(5-9)13-4-3-8(10,11)12/h6-7,13H,3-5H2,1-2H3. The summed E-state index contributed by atoms with van der Waals surface area (Å²) < 4.78 is 35.3. The Morgan fingerprint density at radius 3 is 2.15 bits per heavy atom. The smallest absolute Gasteiger partial charge is 0.313 e. The Morgan fingerprint density at radius 2 is 1.85 bits per heavy atom. The number of hydrogen-bond acceptors (Lipinski definition) is 1. The minimum absolute atomic E-state index is 0.00204. The van der Waals surface area contributed by atoms with Crippen molar-refractivity contribution in [3.63, 3.8) is 0 Å². The van der Waals surface area contributed by atoms with Crippen LogP contribution in [0.3, 0.4) is 0 Å². The van der Waals surface area contributed by atoms with Crippen LogP contribution in [-0.4, -0.2) is 24.1 Å². The molecule has 0 fully saturated rings. The lowest BCUT2D eigenvalue weighted by Gasteiger charge is -2.20. The molecule has 0 aliphatic rings. The molecule has 1 atom stereocenters. The Labute approximate surface area is 85.2 Å². The molecule has 80 valence electrons. The van der Waals surface area contributed by atoms with Gasteiger partial charge in [-0.3, -0.25) is 0 Å². The van der Waals surface area contributed by atoms with Gasteiger partial charge in [0.2, 0.25) is 0 Å². The lowest BCUT2D eigenvalue weighted by atomic mass is 10.1. The third-order valence-corrected chi connectivity index (χ3v) is 2.48. The highest BCUT2D eigenvalue weighted by Gasteiger charge is 2.26. The van der Waals surface area contributed by atoms with Crippen molar-refractivity contribution in [2.75, 3.05) is 11.9 Å². The number of rotatable bonds is 5. The van der Waals surface area contributed by atoms with E-state index in [0.29, 0.717) is 11.2 Å². The normalized spacial score (nSPS) is 15.0. The van der Waals surface area contributed by atoms with Crippen LogP contribution in [0.4, 0.5) is 13.2 Å². The Balaban J connectivity index is 3.62. The van der Waals surface area contributed by atoms with Crippen molar-refractivity contribution in [2.24, 2.45) is 5.92 Å². The zero-order valence-electron chi connectivity index (χ0n) is 7.79. The van der Waals surface area contributed by atoms with Gasteiger partial charge in [0, 0.05) is 17.9 Å². The van der Waals surface area contributed by atoms with E-state index in [0.717, 1.165) is 0 Å². The van der Waals surface area contributed by atoms with Gasteiger partial charge in [0.1, 0.15) is 0 Å². The summed E-state index contributed by atoms with van der Waals surface area (Å²) in [4.78, 5) is 0. The van der Waals surface area contributed by atoms with Crippen LogP contribution in [0.25, 0.3) is 0 Å². The predicted octanol–water partition coefficient (Wildman–Crippen LogP) is 2.95. The molecular formula is C8H15BrF3N. The van der Waals surface area contributed by atoms with E-state index < -0.39 is 12.6 Å². The summed E-state index contributed by atoms with van der Waals surface area (Å²) in [5.74, 6) is 0.340. The highest BCUT2D eigenvalue weighted by molar-refractivity contribution is 9.09. The summed E-state index contributed by atoms with van der Waals surface area (Å²) in [5.41, 5.74) is 0. The molecule has 13 heavy (non-hydrogen) atoms. The summed E-state index contributed by atoms with van der Waals surface area (Å²) >= 11 is 3.25. The van der Waals surface area contributed by atoms with E-state index in [4.69, 9.17) is 0 Å². The molecule has 0 aromatic rings. The van der Waals surface area contributed by atoms with Crippen molar-refractivity contribution in [2.45, 2.75) is 32.5 Å². The molecule has 1 N–H and O–H groups in total. The molecule has 0 aliphatic carbocycles. The number of halogens is 4. The predicted molar refractivity (Wildman–Crippen MR) is 51.1 cm³/mol. The van der Waals surface area contributed by atoms with Crippen molar-refractivity contribution < 1.29 is 13.2 Å². The highest BCUT2D eigenvalue weighted by atomic mass is 79.9. The van der Waals surface area contributed by atoms with Gasteiger partial charge < -0.3 is 5.32 Å². The minimum Gasteiger partial charge on any atom is -0.313 e. The van der Waals surface area contributed by atoms with Crippen LogP contribution in [0, 0.1) is 5.92 Å². The second-order valence-corrected chi connectivity index (χ2v) is 3.97. The molecule has 0 spiro atoms. The van der Waals surface area contributed by atoms with Gasteiger partial charge in [0.15, 0.2) is 0 Å². The van der Waals surface area contributed by atoms with Crippen LogP contribution >= 0.6 is 15.9 Å². The van der Waals surface area contributed by atoms with E-state index in [-0.39, 0.29) is 12.6 Å². The third-order valence-electron chi connectivity index (χ3n) is 1.79. The SMILES string of the molecule is CC(C)C(CBr)NCCC(F)(F)F. The number of alkyl halides is 4. The van der Waals surface area contributed by atoms with E-state index >= 15 is 0 Å². The zero-order chi connectivity index (χ0) is 10.5. The van der Waals surface area contributed by atoms with E-state index in [1.807, 2.05) is 13.8 Å². The van der Waals surface area contributed by atoms with Crippen LogP contribution in [0.5, 0.6) is 0 Å². The summed E-state index contributed by atoms with van der Waals surface area (Å²) in [5, 5.41) is 3.54. The Kier molecular flexibility index (Phi) is 5.96. The second-order valence-electron chi connectivity index (χ2n) is 3.32. The quantitative estimate of drug-likeness (QED) is 0.751. The fraction of sp³-hybridized carbons (Fsp3) is 1.00. The highest BCUT2D eigenvalue weighted by Crippen LogP contribution is 2.18. The molecule has 0 amide bonds. The topological polar surface area (TPSA) is 12.0 Å². The monoisotopic (exact) mass is 261 g/mol. The fourth-order valence-corrected chi connectivity index (χ4v) is 1.84. The fourth-order valence-electron chi connectivity index (χ4n) is 0.868. The van der Waals surface area contributed by atoms with Gasteiger partial charge in [-0.1, -0.05) is 29.8 Å². The van der Waals surface area contributed by atoms with Gasteiger partial charge in [-0.2, -0.15) is 13.2 Å². The van der Waals surface area contributed by atoms with Gasteiger partial charge in [0.25, 0.3) is 0 Å². The average molecular weight is 262 g/mol. The van der Waals surface area contributed by atoms with Crippen molar-refractivity contribution in [3.8, 4) is 0 Å². The molecule has 0 aliphatic heterocycles. The molecule has 0 aromatic heterocycles. The average Bonchev–Trinajstić information content (AvgIpc) is 1.95. The van der Waals surface area contributed by atoms with Crippen LogP contribution in [-0.2, 0) is 0 Å². The van der Waals surface area contributed by atoms with Crippen LogP contribution < -0.4 is 5.32 Å². The summed E-state index contributed by atoms with van der Waals surface area (Å²) in [7, 11) is 0. The molecule has 0 heterocycles. The van der Waals surface area contributed by atoms with Gasteiger partial charge in [-0.25, -0.2) is 0 Å². The Morgan fingerprint density at radius 1 is 1.31 bits per heavy atom. The minimum atomic E-state index is -4.05. The first-order valence-electron chi connectivity index (χ1n) is 4.23. The number of nitrogens with one attached hydrogen (secondary N) is 1. The molecule has 0 radical (unpaired) electrons. The maximum absolute atomic E-state index is 11.8. The van der Waals surface area contributed by atoms with Crippen LogP contribution in [0.15, 0.2) is 0 Å².